The Labute approximate surface area is 152 Å². The van der Waals surface area contributed by atoms with Crippen molar-refractivity contribution in [1.82, 2.24) is 15.3 Å². The maximum Gasteiger partial charge on any atom is 0.271 e. The number of benzene rings is 1. The molecule has 8 heteroatoms. The van der Waals surface area contributed by atoms with Crippen molar-refractivity contribution in [3.05, 3.63) is 41.3 Å². The molecule has 0 aliphatic heterocycles. The van der Waals surface area contributed by atoms with Crippen LogP contribution in [0.25, 0.3) is 0 Å². The molecule has 1 saturated carbocycles. The van der Waals surface area contributed by atoms with Gasteiger partial charge in [0.25, 0.3) is 5.91 Å². The van der Waals surface area contributed by atoms with Gasteiger partial charge in [0, 0.05) is 0 Å². The van der Waals surface area contributed by atoms with Gasteiger partial charge in [0.2, 0.25) is 5.88 Å². The van der Waals surface area contributed by atoms with Gasteiger partial charge in [0.15, 0.2) is 0 Å². The van der Waals surface area contributed by atoms with Gasteiger partial charge in [0.05, 0.1) is 31.6 Å². The van der Waals surface area contributed by atoms with Crippen LogP contribution >= 0.6 is 0 Å². The second kappa shape index (κ2) is 7.84. The number of nitrogens with one attached hydrogen (secondary N) is 1. The lowest BCUT2D eigenvalue weighted by molar-refractivity contribution is 0.0902. The number of hydrogen-bond acceptors (Lipinski definition) is 6. The van der Waals surface area contributed by atoms with E-state index in [1.54, 1.807) is 19.1 Å². The van der Waals surface area contributed by atoms with Crippen molar-refractivity contribution in [2.45, 2.75) is 32.4 Å². The summed E-state index contributed by atoms with van der Waals surface area (Å²) in [6, 6.07) is 3.14. The Morgan fingerprint density at radius 2 is 2.12 bits per heavy atom. The normalized spacial score (nSPS) is 14.7. The van der Waals surface area contributed by atoms with Crippen LogP contribution in [0, 0.1) is 12.8 Å². The summed E-state index contributed by atoms with van der Waals surface area (Å²) < 4.78 is 5.67. The molecule has 1 heterocycles. The van der Waals surface area contributed by atoms with Crippen LogP contribution in [-0.4, -0.2) is 46.6 Å². The molecule has 0 bridgehead atoms. The number of aliphatic hydroxyl groups is 2. The number of carbonyl (C=O) groups excluding carboxylic acids is 1. The summed E-state index contributed by atoms with van der Waals surface area (Å²) >= 11 is 0. The van der Waals surface area contributed by atoms with Crippen LogP contribution in [-0.2, 0) is 6.61 Å². The average Bonchev–Trinajstić information content (AvgIpc) is 3.49. The molecule has 1 unspecified atom stereocenters. The van der Waals surface area contributed by atoms with Gasteiger partial charge in [-0.25, -0.2) is 9.97 Å². The molecule has 134 valence electrons. The van der Waals surface area contributed by atoms with Crippen LogP contribution in [0.3, 0.4) is 0 Å². The van der Waals surface area contributed by atoms with Gasteiger partial charge in [-0.1, -0.05) is 11.5 Å². The third-order valence-corrected chi connectivity index (χ3v) is 4.51. The minimum atomic E-state index is -0.372. The molecule has 2 aromatic rings. The van der Waals surface area contributed by atoms with E-state index in [9.17, 15) is 15.0 Å². The fourth-order valence-electron chi connectivity index (χ4n) is 2.67. The fourth-order valence-corrected chi connectivity index (χ4v) is 2.67. The Morgan fingerprint density at radius 1 is 1.35 bits per heavy atom. The maximum absolute atomic E-state index is 12.2. The van der Waals surface area contributed by atoms with Gasteiger partial charge in [0.1, 0.15) is 19.3 Å². The Hall–Kier alpha value is -2.45. The molecule has 1 fully saturated rings. The second-order valence-electron chi connectivity index (χ2n) is 6.36. The van der Waals surface area contributed by atoms with Crippen molar-refractivity contribution < 1.29 is 19.7 Å². The van der Waals surface area contributed by atoms with Crippen LogP contribution in [0.1, 0.15) is 34.5 Å². The van der Waals surface area contributed by atoms with Crippen LogP contribution in [0.5, 0.6) is 11.6 Å². The summed E-state index contributed by atoms with van der Waals surface area (Å²) in [6.07, 6.45) is 4.71. The zero-order chi connectivity index (χ0) is 18.7. The summed E-state index contributed by atoms with van der Waals surface area (Å²) in [5.41, 5.74) is 1.94. The molecule has 1 atom stereocenters. The van der Waals surface area contributed by atoms with Crippen molar-refractivity contribution in [3.63, 3.8) is 0 Å². The highest BCUT2D eigenvalue weighted by molar-refractivity contribution is 6.34. The van der Waals surface area contributed by atoms with E-state index in [2.05, 4.69) is 15.3 Å². The largest absolute Gasteiger partial charge is 0.437 e. The van der Waals surface area contributed by atoms with Gasteiger partial charge in [-0.2, -0.15) is 0 Å². The minimum Gasteiger partial charge on any atom is -0.437 e. The number of nitrogens with zero attached hydrogens (tertiary/aromatic N) is 2. The highest BCUT2D eigenvalue weighted by atomic mass is 16.5. The number of hydrogen-bond donors (Lipinski definition) is 3. The van der Waals surface area contributed by atoms with E-state index >= 15 is 0 Å². The van der Waals surface area contributed by atoms with E-state index in [4.69, 9.17) is 12.6 Å². The third kappa shape index (κ3) is 4.03. The van der Waals surface area contributed by atoms with Crippen molar-refractivity contribution in [3.8, 4) is 11.6 Å². The summed E-state index contributed by atoms with van der Waals surface area (Å²) in [5.74, 6) is 0.694. The standard InChI is InChI=1S/C18H20BN3O4/c1-10-15(5-4-12(8-23)17(10)19)26-16-7-20-13(6-21-16)18(25)22-14(9-24)11-2-3-11/h4-7,11,14,23-24H,2-3,8-9H2,1H3,(H,22,25). The third-order valence-electron chi connectivity index (χ3n) is 4.51. The predicted octanol–water partition coefficient (Wildman–Crippen LogP) is 0.364. The average molecular weight is 353 g/mol. The lowest BCUT2D eigenvalue weighted by Gasteiger charge is -2.15. The zero-order valence-corrected chi connectivity index (χ0v) is 14.5. The topological polar surface area (TPSA) is 105 Å². The Morgan fingerprint density at radius 3 is 2.69 bits per heavy atom. The number of rotatable bonds is 7. The molecule has 1 aromatic carbocycles. The molecule has 2 radical (unpaired) electrons. The highest BCUT2D eigenvalue weighted by Crippen LogP contribution is 2.32. The van der Waals surface area contributed by atoms with Gasteiger partial charge >= 0.3 is 0 Å². The first-order valence-corrected chi connectivity index (χ1v) is 8.44. The predicted molar refractivity (Wildman–Crippen MR) is 95.7 cm³/mol. The van der Waals surface area contributed by atoms with Crippen LogP contribution < -0.4 is 15.5 Å². The van der Waals surface area contributed by atoms with Crippen LogP contribution in [0.2, 0.25) is 0 Å². The first kappa shape index (κ1) is 18.3. The first-order valence-electron chi connectivity index (χ1n) is 8.44. The number of aromatic nitrogens is 2. The number of carbonyl (C=O) groups is 1. The molecule has 1 aliphatic carbocycles. The van der Waals surface area contributed by atoms with Crippen molar-refractivity contribution in [1.29, 1.82) is 0 Å². The Bertz CT molecular complexity index is 794. The first-order chi connectivity index (χ1) is 12.5. The maximum atomic E-state index is 12.2. The van der Waals surface area contributed by atoms with Crippen LogP contribution in [0.15, 0.2) is 24.5 Å². The summed E-state index contributed by atoms with van der Waals surface area (Å²) in [6.45, 7) is 1.55. The lowest BCUT2D eigenvalue weighted by atomic mass is 9.86. The number of ether oxygens (including phenoxy) is 1. The molecule has 1 amide bonds. The van der Waals surface area contributed by atoms with Crippen molar-refractivity contribution >= 4 is 19.2 Å². The van der Waals surface area contributed by atoms with Crippen LogP contribution in [0.4, 0.5) is 0 Å². The Balaban J connectivity index is 1.68. The molecule has 1 aliphatic rings. The molecule has 26 heavy (non-hydrogen) atoms. The highest BCUT2D eigenvalue weighted by Gasteiger charge is 2.32. The molecular formula is C18H20BN3O4. The quantitative estimate of drug-likeness (QED) is 0.621. The van der Waals surface area contributed by atoms with Gasteiger partial charge in [-0.05, 0) is 42.9 Å². The Kier molecular flexibility index (Phi) is 5.53. The minimum absolute atomic E-state index is 0.0877. The number of amides is 1. The summed E-state index contributed by atoms with van der Waals surface area (Å²) in [5, 5.41) is 21.3. The second-order valence-corrected chi connectivity index (χ2v) is 6.36. The van der Waals surface area contributed by atoms with E-state index in [-0.39, 0.29) is 36.7 Å². The SMILES string of the molecule is [B]c1c(CO)ccc(Oc2cnc(C(=O)NC(CO)C3CC3)cn2)c1C. The fraction of sp³-hybridized carbons (Fsp3) is 0.389. The van der Waals surface area contributed by atoms with E-state index in [1.807, 2.05) is 0 Å². The number of aliphatic hydroxyl groups excluding tert-OH is 2. The zero-order valence-electron chi connectivity index (χ0n) is 14.5. The molecular weight excluding hydrogens is 333 g/mol. The summed E-state index contributed by atoms with van der Waals surface area (Å²) in [7, 11) is 5.95. The van der Waals surface area contributed by atoms with E-state index in [1.165, 1.54) is 12.4 Å². The molecule has 3 N–H and O–H groups in total. The van der Waals surface area contributed by atoms with Crippen molar-refractivity contribution in [2.75, 3.05) is 6.61 Å². The van der Waals surface area contributed by atoms with Gasteiger partial charge < -0.3 is 20.3 Å². The van der Waals surface area contributed by atoms with E-state index in [0.717, 1.165) is 12.8 Å². The molecule has 3 rings (SSSR count). The molecule has 0 saturated heterocycles. The summed E-state index contributed by atoms with van der Waals surface area (Å²) in [4.78, 5) is 20.4. The molecule has 1 aromatic heterocycles. The van der Waals surface area contributed by atoms with Gasteiger partial charge in [-0.15, -0.1) is 0 Å². The van der Waals surface area contributed by atoms with E-state index < -0.39 is 0 Å². The monoisotopic (exact) mass is 353 g/mol. The van der Waals surface area contributed by atoms with Crippen molar-refractivity contribution in [2.24, 2.45) is 5.92 Å². The molecule has 0 spiro atoms. The lowest BCUT2D eigenvalue weighted by Crippen LogP contribution is -2.39. The molecule has 7 nitrogen and oxygen atoms in total. The van der Waals surface area contributed by atoms with Gasteiger partial charge in [-0.3, -0.25) is 4.79 Å². The van der Waals surface area contributed by atoms with E-state index in [0.29, 0.717) is 28.3 Å². The smallest absolute Gasteiger partial charge is 0.271 e.